The minimum absolute atomic E-state index is 0.880. The Morgan fingerprint density at radius 3 is 2.67 bits per heavy atom. The first-order valence-electron chi connectivity index (χ1n) is 6.16. The fourth-order valence-electron chi connectivity index (χ4n) is 1.87. The molecule has 2 heterocycles. The van der Waals surface area contributed by atoms with Gasteiger partial charge < -0.3 is 9.73 Å². The first kappa shape index (κ1) is 12.6. The molecule has 2 rings (SSSR count). The fraction of sp³-hybridized carbons (Fsp3) is 0.357. The van der Waals surface area contributed by atoms with Crippen molar-refractivity contribution in [3.05, 3.63) is 48.0 Å². The van der Waals surface area contributed by atoms with Gasteiger partial charge in [-0.3, -0.25) is 4.90 Å². The molecule has 2 aromatic rings. The lowest BCUT2D eigenvalue weighted by atomic mass is 10.2. The molecule has 0 aromatic carbocycles. The minimum atomic E-state index is 0.880. The second kappa shape index (κ2) is 6.21. The van der Waals surface area contributed by atoms with Crippen molar-refractivity contribution in [3.63, 3.8) is 0 Å². The van der Waals surface area contributed by atoms with Gasteiger partial charge in [-0.25, -0.2) is 4.98 Å². The van der Waals surface area contributed by atoms with Crippen LogP contribution in [-0.4, -0.2) is 23.5 Å². The molecule has 0 aliphatic heterocycles. The zero-order chi connectivity index (χ0) is 12.8. The molecule has 0 saturated carbocycles. The first-order valence-corrected chi connectivity index (χ1v) is 6.16. The number of furan rings is 1. The summed E-state index contributed by atoms with van der Waals surface area (Å²) in [6.45, 7) is 4.72. The highest BCUT2D eigenvalue weighted by Crippen LogP contribution is 2.10. The minimum Gasteiger partial charge on any atom is -0.472 e. The lowest BCUT2D eigenvalue weighted by Gasteiger charge is -2.15. The largest absolute Gasteiger partial charge is 0.472 e. The molecule has 4 heteroatoms. The Bertz CT molecular complexity index is 450. The van der Waals surface area contributed by atoms with E-state index in [1.807, 2.05) is 18.3 Å². The first-order chi connectivity index (χ1) is 8.78. The number of nitrogens with one attached hydrogen (secondary N) is 1. The van der Waals surface area contributed by atoms with Crippen molar-refractivity contribution >= 4 is 5.82 Å². The predicted molar refractivity (Wildman–Crippen MR) is 72.3 cm³/mol. The highest BCUT2D eigenvalue weighted by Gasteiger charge is 2.03. The Morgan fingerprint density at radius 1 is 1.22 bits per heavy atom. The van der Waals surface area contributed by atoms with Crippen molar-refractivity contribution in [3.8, 4) is 0 Å². The molecule has 0 bridgehead atoms. The molecular weight excluding hydrogens is 226 g/mol. The Kier molecular flexibility index (Phi) is 4.36. The molecule has 0 unspecified atom stereocenters. The van der Waals surface area contributed by atoms with Gasteiger partial charge in [0.15, 0.2) is 0 Å². The van der Waals surface area contributed by atoms with Crippen LogP contribution in [0, 0.1) is 0 Å². The molecular formula is C14H19N3O. The molecule has 0 atom stereocenters. The topological polar surface area (TPSA) is 41.3 Å². The second-order valence-electron chi connectivity index (χ2n) is 4.39. The van der Waals surface area contributed by atoms with Crippen molar-refractivity contribution in [1.82, 2.24) is 9.88 Å². The van der Waals surface area contributed by atoms with E-state index in [1.54, 1.807) is 12.5 Å². The Morgan fingerprint density at radius 2 is 2.06 bits per heavy atom. The molecule has 0 spiro atoms. The van der Waals surface area contributed by atoms with Gasteiger partial charge in [0, 0.05) is 31.4 Å². The van der Waals surface area contributed by atoms with Crippen LogP contribution in [-0.2, 0) is 13.1 Å². The average molecular weight is 245 g/mol. The third-order valence-electron chi connectivity index (χ3n) is 2.67. The van der Waals surface area contributed by atoms with Gasteiger partial charge >= 0.3 is 0 Å². The van der Waals surface area contributed by atoms with Gasteiger partial charge in [0.05, 0.1) is 12.5 Å². The number of anilines is 1. The maximum Gasteiger partial charge on any atom is 0.125 e. The third kappa shape index (κ3) is 3.60. The summed E-state index contributed by atoms with van der Waals surface area (Å²) in [6, 6.07) is 6.12. The number of pyridine rings is 1. The van der Waals surface area contributed by atoms with E-state index in [1.165, 1.54) is 11.1 Å². The standard InChI is InChI=1S/C14H19N3O/c1-3-15-14-5-4-12(8-16-14)9-17(2)10-13-6-7-18-11-13/h4-8,11H,3,9-10H2,1-2H3,(H,15,16). The van der Waals surface area contributed by atoms with Crippen LogP contribution in [0.3, 0.4) is 0 Å². The van der Waals surface area contributed by atoms with E-state index in [0.717, 1.165) is 25.5 Å². The summed E-state index contributed by atoms with van der Waals surface area (Å²) < 4.78 is 5.06. The predicted octanol–water partition coefficient (Wildman–Crippen LogP) is 2.74. The lowest BCUT2D eigenvalue weighted by molar-refractivity contribution is 0.317. The van der Waals surface area contributed by atoms with Gasteiger partial charge in [0.25, 0.3) is 0 Å². The van der Waals surface area contributed by atoms with Crippen LogP contribution in [0.1, 0.15) is 18.1 Å². The van der Waals surface area contributed by atoms with Crippen molar-refractivity contribution in [2.45, 2.75) is 20.0 Å². The van der Waals surface area contributed by atoms with Crippen LogP contribution in [0.25, 0.3) is 0 Å². The van der Waals surface area contributed by atoms with E-state index in [-0.39, 0.29) is 0 Å². The summed E-state index contributed by atoms with van der Waals surface area (Å²) in [5, 5.41) is 3.19. The second-order valence-corrected chi connectivity index (χ2v) is 4.39. The van der Waals surface area contributed by atoms with Crippen LogP contribution in [0.5, 0.6) is 0 Å². The number of hydrogen-bond donors (Lipinski definition) is 1. The van der Waals surface area contributed by atoms with Gasteiger partial charge in [-0.15, -0.1) is 0 Å². The molecule has 2 aromatic heterocycles. The smallest absolute Gasteiger partial charge is 0.125 e. The third-order valence-corrected chi connectivity index (χ3v) is 2.67. The number of rotatable bonds is 6. The van der Waals surface area contributed by atoms with Crippen molar-refractivity contribution in [1.29, 1.82) is 0 Å². The molecule has 0 radical (unpaired) electrons. The van der Waals surface area contributed by atoms with Gasteiger partial charge in [0.2, 0.25) is 0 Å². The zero-order valence-corrected chi connectivity index (χ0v) is 10.9. The summed E-state index contributed by atoms with van der Waals surface area (Å²) in [5.74, 6) is 0.929. The molecule has 4 nitrogen and oxygen atoms in total. The van der Waals surface area contributed by atoms with Gasteiger partial charge in [-0.05, 0) is 31.7 Å². The summed E-state index contributed by atoms with van der Waals surface area (Å²) in [7, 11) is 2.09. The molecule has 96 valence electrons. The molecule has 0 aliphatic rings. The summed E-state index contributed by atoms with van der Waals surface area (Å²) in [6.07, 6.45) is 5.41. The fourth-order valence-corrected chi connectivity index (χ4v) is 1.87. The molecule has 1 N–H and O–H groups in total. The molecule has 0 amide bonds. The highest BCUT2D eigenvalue weighted by atomic mass is 16.3. The van der Waals surface area contributed by atoms with Crippen LogP contribution in [0.2, 0.25) is 0 Å². The SMILES string of the molecule is CCNc1ccc(CN(C)Cc2ccoc2)cn1. The number of hydrogen-bond acceptors (Lipinski definition) is 4. The van der Waals surface area contributed by atoms with Gasteiger partial charge in [-0.2, -0.15) is 0 Å². The van der Waals surface area contributed by atoms with Crippen molar-refractivity contribution in [2.24, 2.45) is 0 Å². The quantitative estimate of drug-likeness (QED) is 0.849. The van der Waals surface area contributed by atoms with Crippen molar-refractivity contribution < 1.29 is 4.42 Å². The highest BCUT2D eigenvalue weighted by molar-refractivity contribution is 5.35. The molecule has 0 aliphatic carbocycles. The molecule has 18 heavy (non-hydrogen) atoms. The summed E-state index contributed by atoms with van der Waals surface area (Å²) >= 11 is 0. The molecule has 0 saturated heterocycles. The summed E-state index contributed by atoms with van der Waals surface area (Å²) in [4.78, 5) is 6.59. The normalized spacial score (nSPS) is 10.8. The summed E-state index contributed by atoms with van der Waals surface area (Å²) in [5.41, 5.74) is 2.40. The molecule has 0 fully saturated rings. The monoisotopic (exact) mass is 245 g/mol. The van der Waals surface area contributed by atoms with E-state index in [4.69, 9.17) is 4.42 Å². The van der Waals surface area contributed by atoms with E-state index in [2.05, 4.69) is 35.2 Å². The Labute approximate surface area is 108 Å². The maximum atomic E-state index is 5.06. The van der Waals surface area contributed by atoms with Crippen LogP contribution in [0.4, 0.5) is 5.82 Å². The maximum absolute atomic E-state index is 5.06. The zero-order valence-electron chi connectivity index (χ0n) is 10.9. The van der Waals surface area contributed by atoms with E-state index >= 15 is 0 Å². The van der Waals surface area contributed by atoms with Gasteiger partial charge in [0.1, 0.15) is 5.82 Å². The van der Waals surface area contributed by atoms with Gasteiger partial charge in [-0.1, -0.05) is 6.07 Å². The lowest BCUT2D eigenvalue weighted by Crippen LogP contribution is -2.17. The Hall–Kier alpha value is -1.81. The number of nitrogens with zero attached hydrogens (tertiary/aromatic N) is 2. The van der Waals surface area contributed by atoms with E-state index in [9.17, 15) is 0 Å². The Balaban J connectivity index is 1.88. The average Bonchev–Trinajstić information content (AvgIpc) is 2.84. The van der Waals surface area contributed by atoms with Crippen LogP contribution in [0.15, 0.2) is 41.3 Å². The van der Waals surface area contributed by atoms with Crippen LogP contribution < -0.4 is 5.32 Å². The van der Waals surface area contributed by atoms with E-state index < -0.39 is 0 Å². The van der Waals surface area contributed by atoms with E-state index in [0.29, 0.717) is 0 Å². The number of aromatic nitrogens is 1. The van der Waals surface area contributed by atoms with Crippen LogP contribution >= 0.6 is 0 Å². The van der Waals surface area contributed by atoms with Crippen molar-refractivity contribution in [2.75, 3.05) is 18.9 Å².